The third-order valence-electron chi connectivity index (χ3n) is 6.02. The van der Waals surface area contributed by atoms with E-state index in [0.717, 1.165) is 62.6 Å². The molecule has 1 aliphatic heterocycles. The van der Waals surface area contributed by atoms with Crippen molar-refractivity contribution in [3.63, 3.8) is 0 Å². The van der Waals surface area contributed by atoms with Gasteiger partial charge in [-0.25, -0.2) is 9.78 Å². The van der Waals surface area contributed by atoms with Gasteiger partial charge in [0.2, 0.25) is 5.91 Å². The number of piperazine rings is 1. The van der Waals surface area contributed by atoms with Gasteiger partial charge in [-0.1, -0.05) is 0 Å². The van der Waals surface area contributed by atoms with Crippen LogP contribution in [0.1, 0.15) is 40.3 Å². The van der Waals surface area contributed by atoms with Crippen LogP contribution in [0.4, 0.5) is 0 Å². The third kappa shape index (κ3) is 4.44. The Kier molecular flexibility index (Phi) is 5.15. The Balaban J connectivity index is 1.22. The normalized spacial score (nSPS) is 17.2. The highest BCUT2D eigenvalue weighted by atomic mass is 16.4. The van der Waals surface area contributed by atoms with E-state index in [1.807, 2.05) is 17.2 Å². The van der Waals surface area contributed by atoms with E-state index in [0.29, 0.717) is 23.8 Å². The van der Waals surface area contributed by atoms with Crippen molar-refractivity contribution in [3.05, 3.63) is 59.2 Å². The first-order valence-electron chi connectivity index (χ1n) is 10.7. The highest BCUT2D eigenvalue weighted by Gasteiger charge is 2.34. The van der Waals surface area contributed by atoms with Crippen LogP contribution in [-0.2, 0) is 17.8 Å². The molecule has 0 radical (unpaired) electrons. The number of hydrogen-bond acceptors (Lipinski definition) is 5. The van der Waals surface area contributed by atoms with E-state index in [4.69, 9.17) is 5.11 Å². The van der Waals surface area contributed by atoms with Crippen LogP contribution in [0.3, 0.4) is 0 Å². The average Bonchev–Trinajstić information content (AvgIpc) is 3.54. The SMILES string of the molecule is O=C(O)c1ccc2nc(Cc3cc(CN4CCN(C(=O)C5CC5)CC4)ccn3)[nH]c2c1. The van der Waals surface area contributed by atoms with Crippen LogP contribution >= 0.6 is 0 Å². The number of amides is 1. The number of fused-ring (bicyclic) bond motifs is 1. The zero-order valence-electron chi connectivity index (χ0n) is 17.3. The van der Waals surface area contributed by atoms with Crippen molar-refractivity contribution in [2.45, 2.75) is 25.8 Å². The van der Waals surface area contributed by atoms with Gasteiger partial charge in [0.05, 0.1) is 16.6 Å². The average molecular weight is 419 g/mol. The number of carboxylic acids is 1. The Bertz CT molecular complexity index is 1130. The van der Waals surface area contributed by atoms with Crippen molar-refractivity contribution < 1.29 is 14.7 Å². The molecule has 2 fully saturated rings. The highest BCUT2D eigenvalue weighted by Crippen LogP contribution is 2.31. The molecule has 8 nitrogen and oxygen atoms in total. The number of H-pyrrole nitrogens is 1. The van der Waals surface area contributed by atoms with Gasteiger partial charge in [0.15, 0.2) is 0 Å². The Hall–Kier alpha value is -3.26. The first-order chi connectivity index (χ1) is 15.0. The number of carboxylic acid groups (broad SMARTS) is 1. The van der Waals surface area contributed by atoms with Crippen LogP contribution in [0.15, 0.2) is 36.5 Å². The number of rotatable bonds is 6. The van der Waals surface area contributed by atoms with E-state index >= 15 is 0 Å². The summed E-state index contributed by atoms with van der Waals surface area (Å²) in [4.78, 5) is 40.0. The number of imidazole rings is 1. The summed E-state index contributed by atoms with van der Waals surface area (Å²) in [6.07, 6.45) is 4.49. The number of nitrogens with one attached hydrogen (secondary N) is 1. The van der Waals surface area contributed by atoms with Crippen LogP contribution in [0.5, 0.6) is 0 Å². The van der Waals surface area contributed by atoms with Crippen molar-refractivity contribution in [2.75, 3.05) is 26.2 Å². The van der Waals surface area contributed by atoms with Crippen molar-refractivity contribution in [1.29, 1.82) is 0 Å². The van der Waals surface area contributed by atoms with Gasteiger partial charge >= 0.3 is 5.97 Å². The number of aromatic nitrogens is 3. The predicted octanol–water partition coefficient (Wildman–Crippen LogP) is 2.30. The molecule has 1 amide bonds. The van der Waals surface area contributed by atoms with Crippen molar-refractivity contribution in [1.82, 2.24) is 24.8 Å². The Morgan fingerprint density at radius 1 is 1.10 bits per heavy atom. The van der Waals surface area contributed by atoms with E-state index in [9.17, 15) is 9.59 Å². The fraction of sp³-hybridized carbons (Fsp3) is 0.391. The van der Waals surface area contributed by atoms with E-state index in [-0.39, 0.29) is 5.56 Å². The van der Waals surface area contributed by atoms with Gasteiger partial charge in [-0.15, -0.1) is 0 Å². The van der Waals surface area contributed by atoms with Gasteiger partial charge in [0.1, 0.15) is 5.82 Å². The zero-order chi connectivity index (χ0) is 21.4. The van der Waals surface area contributed by atoms with Gasteiger partial charge < -0.3 is 15.0 Å². The summed E-state index contributed by atoms with van der Waals surface area (Å²) in [7, 11) is 0. The summed E-state index contributed by atoms with van der Waals surface area (Å²) >= 11 is 0. The molecule has 0 bridgehead atoms. The summed E-state index contributed by atoms with van der Waals surface area (Å²) < 4.78 is 0. The van der Waals surface area contributed by atoms with Gasteiger partial charge in [-0.05, 0) is 48.7 Å². The molecule has 3 aromatic rings. The maximum atomic E-state index is 12.2. The molecule has 0 spiro atoms. The lowest BCUT2D eigenvalue weighted by molar-refractivity contribution is -0.134. The molecule has 1 saturated carbocycles. The summed E-state index contributed by atoms with van der Waals surface area (Å²) in [5, 5.41) is 9.15. The molecule has 1 saturated heterocycles. The second kappa shape index (κ2) is 8.11. The molecule has 2 aliphatic rings. The molecular formula is C23H25N5O3. The number of hydrogen-bond donors (Lipinski definition) is 2. The van der Waals surface area contributed by atoms with Gasteiger partial charge in [-0.2, -0.15) is 0 Å². The lowest BCUT2D eigenvalue weighted by atomic mass is 10.1. The number of pyridine rings is 1. The maximum absolute atomic E-state index is 12.2. The first kappa shape index (κ1) is 19.7. The predicted molar refractivity (Wildman–Crippen MR) is 115 cm³/mol. The lowest BCUT2D eigenvalue weighted by Gasteiger charge is -2.35. The van der Waals surface area contributed by atoms with E-state index in [2.05, 4.69) is 25.9 Å². The maximum Gasteiger partial charge on any atom is 0.335 e. The largest absolute Gasteiger partial charge is 0.478 e. The first-order valence-corrected chi connectivity index (χ1v) is 10.7. The molecule has 5 rings (SSSR count). The second-order valence-electron chi connectivity index (χ2n) is 8.43. The fourth-order valence-corrected chi connectivity index (χ4v) is 4.15. The minimum absolute atomic E-state index is 0.238. The van der Waals surface area contributed by atoms with Crippen LogP contribution < -0.4 is 0 Å². The standard InChI is InChI=1S/C23H25N5O3/c29-22(16-1-2-16)28-9-7-27(8-10-28)14-15-5-6-24-18(11-15)13-21-25-19-4-3-17(23(30)31)12-20(19)26-21/h3-6,11-12,16H,1-2,7-10,13-14H2,(H,25,26)(H,30,31). The quantitative estimate of drug-likeness (QED) is 0.636. The minimum Gasteiger partial charge on any atom is -0.478 e. The summed E-state index contributed by atoms with van der Waals surface area (Å²) in [5.41, 5.74) is 3.80. The molecule has 31 heavy (non-hydrogen) atoms. The Labute approximate surface area is 179 Å². The molecule has 1 aliphatic carbocycles. The molecule has 8 heteroatoms. The molecule has 3 heterocycles. The second-order valence-corrected chi connectivity index (χ2v) is 8.43. The molecule has 1 aromatic carbocycles. The smallest absolute Gasteiger partial charge is 0.335 e. The minimum atomic E-state index is -0.954. The van der Waals surface area contributed by atoms with Crippen molar-refractivity contribution >= 4 is 22.9 Å². The fourth-order valence-electron chi connectivity index (χ4n) is 4.15. The summed E-state index contributed by atoms with van der Waals surface area (Å²) in [5.74, 6) is 0.440. The van der Waals surface area contributed by atoms with Gasteiger partial charge in [0.25, 0.3) is 0 Å². The van der Waals surface area contributed by atoms with E-state index < -0.39 is 5.97 Å². The Morgan fingerprint density at radius 3 is 2.65 bits per heavy atom. The summed E-state index contributed by atoms with van der Waals surface area (Å²) in [6, 6.07) is 9.01. The van der Waals surface area contributed by atoms with Gasteiger partial charge in [-0.3, -0.25) is 14.7 Å². The third-order valence-corrected chi connectivity index (χ3v) is 6.02. The number of nitrogens with zero attached hydrogens (tertiary/aromatic N) is 4. The van der Waals surface area contributed by atoms with E-state index in [1.165, 1.54) is 5.56 Å². The van der Waals surface area contributed by atoms with Crippen LogP contribution in [-0.4, -0.2) is 67.9 Å². The zero-order valence-corrected chi connectivity index (χ0v) is 17.3. The number of carbonyl (C=O) groups excluding carboxylic acids is 1. The van der Waals surface area contributed by atoms with Crippen molar-refractivity contribution in [3.8, 4) is 0 Å². The molecular weight excluding hydrogens is 394 g/mol. The highest BCUT2D eigenvalue weighted by molar-refractivity contribution is 5.92. The number of benzene rings is 1. The van der Waals surface area contributed by atoms with Crippen molar-refractivity contribution in [2.24, 2.45) is 5.92 Å². The molecule has 2 N–H and O–H groups in total. The van der Waals surface area contributed by atoms with Crippen LogP contribution in [0.25, 0.3) is 11.0 Å². The topological polar surface area (TPSA) is 102 Å². The number of aromatic amines is 1. The molecule has 2 aromatic heterocycles. The van der Waals surface area contributed by atoms with Gasteiger partial charge in [0, 0.05) is 57.0 Å². The van der Waals surface area contributed by atoms with Crippen LogP contribution in [0, 0.1) is 5.92 Å². The summed E-state index contributed by atoms with van der Waals surface area (Å²) in [6.45, 7) is 4.25. The molecule has 0 atom stereocenters. The van der Waals surface area contributed by atoms with Crippen LogP contribution in [0.2, 0.25) is 0 Å². The van der Waals surface area contributed by atoms with E-state index in [1.54, 1.807) is 18.2 Å². The Morgan fingerprint density at radius 2 is 1.90 bits per heavy atom. The number of aromatic carboxylic acids is 1. The number of carbonyl (C=O) groups is 2. The lowest BCUT2D eigenvalue weighted by Crippen LogP contribution is -2.48. The monoisotopic (exact) mass is 419 g/mol. The molecule has 160 valence electrons. The molecule has 0 unspecified atom stereocenters.